The summed E-state index contributed by atoms with van der Waals surface area (Å²) in [4.78, 5) is 0. The molecule has 1 aliphatic carbocycles. The summed E-state index contributed by atoms with van der Waals surface area (Å²) in [7, 11) is 0. The molecule has 0 aromatic rings. The van der Waals surface area contributed by atoms with E-state index < -0.39 is 0 Å². The maximum absolute atomic E-state index is 3.96. The Morgan fingerprint density at radius 2 is 2.00 bits per heavy atom. The van der Waals surface area contributed by atoms with Crippen molar-refractivity contribution in [1.82, 2.24) is 5.32 Å². The molecule has 0 amide bonds. The molecule has 13 heavy (non-hydrogen) atoms. The van der Waals surface area contributed by atoms with Crippen LogP contribution in [0.4, 0.5) is 0 Å². The Hall–Kier alpha value is -0.0400. The smallest absolute Gasteiger partial charge is 0.00952 e. The molecular weight excluding hydrogens is 158 g/mol. The number of rotatable bonds is 5. The fraction of sp³-hybridized carbons (Fsp3) is 0.917. The van der Waals surface area contributed by atoms with Crippen LogP contribution in [-0.2, 0) is 0 Å². The van der Waals surface area contributed by atoms with Crippen molar-refractivity contribution in [2.45, 2.75) is 57.9 Å². The summed E-state index contributed by atoms with van der Waals surface area (Å²) in [6.07, 6.45) is 9.58. The van der Waals surface area contributed by atoms with Crippen molar-refractivity contribution in [2.24, 2.45) is 5.92 Å². The molecule has 0 aromatic heterocycles. The van der Waals surface area contributed by atoms with Crippen LogP contribution in [0.1, 0.15) is 51.9 Å². The van der Waals surface area contributed by atoms with E-state index >= 15 is 0 Å². The maximum atomic E-state index is 3.96. The van der Waals surface area contributed by atoms with Crippen LogP contribution in [0.5, 0.6) is 0 Å². The van der Waals surface area contributed by atoms with Crippen molar-refractivity contribution in [3.8, 4) is 0 Å². The Labute approximate surface area is 83.3 Å². The molecule has 1 heteroatoms. The van der Waals surface area contributed by atoms with E-state index in [0.29, 0.717) is 0 Å². The highest BCUT2D eigenvalue weighted by Crippen LogP contribution is 2.28. The minimum atomic E-state index is 0.753. The maximum Gasteiger partial charge on any atom is 0.00952 e. The topological polar surface area (TPSA) is 12.0 Å². The molecule has 1 rings (SSSR count). The Morgan fingerprint density at radius 1 is 1.31 bits per heavy atom. The first-order valence-corrected chi connectivity index (χ1v) is 5.91. The third-order valence-electron chi connectivity index (χ3n) is 3.20. The zero-order valence-corrected chi connectivity index (χ0v) is 9.02. The highest BCUT2D eigenvalue weighted by molar-refractivity contribution is 4.79. The Balaban J connectivity index is 2.32. The third kappa shape index (κ3) is 3.68. The summed E-state index contributed by atoms with van der Waals surface area (Å²) in [5.74, 6) is 0.940. The monoisotopic (exact) mass is 182 g/mol. The third-order valence-corrected chi connectivity index (χ3v) is 3.20. The van der Waals surface area contributed by atoms with E-state index in [-0.39, 0.29) is 0 Å². The van der Waals surface area contributed by atoms with Crippen LogP contribution < -0.4 is 5.32 Å². The predicted molar refractivity (Wildman–Crippen MR) is 58.6 cm³/mol. The highest BCUT2D eigenvalue weighted by Gasteiger charge is 2.21. The first-order chi connectivity index (χ1) is 6.38. The van der Waals surface area contributed by atoms with Gasteiger partial charge in [-0.3, -0.25) is 0 Å². The normalized spacial score (nSPS) is 21.7. The summed E-state index contributed by atoms with van der Waals surface area (Å²) < 4.78 is 0. The Kier molecular flexibility index (Phi) is 5.45. The van der Waals surface area contributed by atoms with Crippen LogP contribution in [0.15, 0.2) is 0 Å². The highest BCUT2D eigenvalue weighted by atomic mass is 14.9. The standard InChI is InChI=1S/C12H24N/c1-3-8-12(13-4-2)11-9-6-5-7-10-11/h11-13H,1,3-10H2,2H3. The lowest BCUT2D eigenvalue weighted by atomic mass is 9.82. The van der Waals surface area contributed by atoms with Crippen LogP contribution in [0, 0.1) is 12.8 Å². The average Bonchev–Trinajstić information content (AvgIpc) is 2.19. The first kappa shape index (κ1) is 11.0. The zero-order valence-electron chi connectivity index (χ0n) is 9.02. The van der Waals surface area contributed by atoms with Crippen molar-refractivity contribution in [1.29, 1.82) is 0 Å². The molecule has 0 spiro atoms. The van der Waals surface area contributed by atoms with E-state index in [1.54, 1.807) is 0 Å². The summed E-state index contributed by atoms with van der Waals surface area (Å²) in [5.41, 5.74) is 0. The number of nitrogens with one attached hydrogen (secondary N) is 1. The van der Waals surface area contributed by atoms with Gasteiger partial charge in [0, 0.05) is 6.04 Å². The lowest BCUT2D eigenvalue weighted by molar-refractivity contribution is 0.261. The minimum Gasteiger partial charge on any atom is -0.314 e. The molecule has 0 bridgehead atoms. The van der Waals surface area contributed by atoms with Crippen LogP contribution >= 0.6 is 0 Å². The molecule has 0 aromatic carbocycles. The van der Waals surface area contributed by atoms with Gasteiger partial charge >= 0.3 is 0 Å². The van der Waals surface area contributed by atoms with Gasteiger partial charge in [0.1, 0.15) is 0 Å². The van der Waals surface area contributed by atoms with Crippen LogP contribution in [0.25, 0.3) is 0 Å². The fourth-order valence-electron chi connectivity index (χ4n) is 2.52. The molecule has 1 aliphatic rings. The summed E-state index contributed by atoms with van der Waals surface area (Å²) >= 11 is 0. The second kappa shape index (κ2) is 6.42. The molecular formula is C12H24N. The van der Waals surface area contributed by atoms with Crippen molar-refractivity contribution < 1.29 is 0 Å². The van der Waals surface area contributed by atoms with Crippen molar-refractivity contribution >= 4 is 0 Å². The second-order valence-corrected chi connectivity index (χ2v) is 4.20. The van der Waals surface area contributed by atoms with Gasteiger partial charge in [0.25, 0.3) is 0 Å². The van der Waals surface area contributed by atoms with Gasteiger partial charge in [-0.15, -0.1) is 0 Å². The van der Waals surface area contributed by atoms with Gasteiger partial charge in [0.2, 0.25) is 0 Å². The van der Waals surface area contributed by atoms with E-state index in [2.05, 4.69) is 19.2 Å². The van der Waals surface area contributed by atoms with Crippen LogP contribution in [0.2, 0.25) is 0 Å². The molecule has 1 saturated carbocycles. The average molecular weight is 182 g/mol. The van der Waals surface area contributed by atoms with Gasteiger partial charge in [0.15, 0.2) is 0 Å². The van der Waals surface area contributed by atoms with Gasteiger partial charge in [-0.1, -0.05) is 39.5 Å². The quantitative estimate of drug-likeness (QED) is 0.688. The van der Waals surface area contributed by atoms with E-state index in [1.165, 1.54) is 38.5 Å². The number of hydrogen-bond acceptors (Lipinski definition) is 1. The summed E-state index contributed by atoms with van der Waals surface area (Å²) in [6.45, 7) is 7.28. The lowest BCUT2D eigenvalue weighted by Gasteiger charge is -2.30. The Morgan fingerprint density at radius 3 is 2.54 bits per heavy atom. The van der Waals surface area contributed by atoms with E-state index in [1.807, 2.05) is 0 Å². The van der Waals surface area contributed by atoms with E-state index in [4.69, 9.17) is 0 Å². The van der Waals surface area contributed by atoms with Crippen molar-refractivity contribution in [3.05, 3.63) is 6.92 Å². The SMILES string of the molecule is [CH2]CCC(NCC)C1CCCCC1. The van der Waals surface area contributed by atoms with Crippen molar-refractivity contribution in [2.75, 3.05) is 6.54 Å². The van der Waals surface area contributed by atoms with Crippen LogP contribution in [-0.4, -0.2) is 12.6 Å². The minimum absolute atomic E-state index is 0.753. The molecule has 1 fully saturated rings. The molecule has 77 valence electrons. The predicted octanol–water partition coefficient (Wildman–Crippen LogP) is 3.16. The van der Waals surface area contributed by atoms with E-state index in [9.17, 15) is 0 Å². The second-order valence-electron chi connectivity index (χ2n) is 4.20. The van der Waals surface area contributed by atoms with Gasteiger partial charge in [0.05, 0.1) is 0 Å². The summed E-state index contributed by atoms with van der Waals surface area (Å²) in [6, 6.07) is 0.753. The van der Waals surface area contributed by atoms with Gasteiger partial charge in [-0.05, 0) is 31.7 Å². The summed E-state index contributed by atoms with van der Waals surface area (Å²) in [5, 5.41) is 3.61. The van der Waals surface area contributed by atoms with Crippen molar-refractivity contribution in [3.63, 3.8) is 0 Å². The molecule has 0 saturated heterocycles. The van der Waals surface area contributed by atoms with Gasteiger partial charge in [-0.2, -0.15) is 0 Å². The van der Waals surface area contributed by atoms with Gasteiger partial charge < -0.3 is 5.32 Å². The molecule has 1 nitrogen and oxygen atoms in total. The fourth-order valence-corrected chi connectivity index (χ4v) is 2.52. The molecule has 1 radical (unpaired) electrons. The molecule has 1 unspecified atom stereocenters. The van der Waals surface area contributed by atoms with E-state index in [0.717, 1.165) is 24.9 Å². The molecule has 0 aliphatic heterocycles. The van der Waals surface area contributed by atoms with Crippen LogP contribution in [0.3, 0.4) is 0 Å². The molecule has 1 atom stereocenters. The largest absolute Gasteiger partial charge is 0.314 e. The lowest BCUT2D eigenvalue weighted by Crippen LogP contribution is -2.37. The zero-order chi connectivity index (χ0) is 9.52. The molecule has 1 N–H and O–H groups in total. The molecule has 0 heterocycles. The Bertz CT molecular complexity index is 110. The van der Waals surface area contributed by atoms with Gasteiger partial charge in [-0.25, -0.2) is 0 Å². The number of hydrogen-bond donors (Lipinski definition) is 1. The first-order valence-electron chi connectivity index (χ1n) is 5.91.